The van der Waals surface area contributed by atoms with Crippen LogP contribution in [0.1, 0.15) is 42.6 Å². The second-order valence-corrected chi connectivity index (χ2v) is 8.36. The first-order valence-corrected chi connectivity index (χ1v) is 10.9. The summed E-state index contributed by atoms with van der Waals surface area (Å²) in [6.45, 7) is 1.90. The molecule has 7 heteroatoms. The molecule has 0 atom stereocenters. The minimum atomic E-state index is -0.0109. The minimum absolute atomic E-state index is 0.0109. The predicted octanol–water partition coefficient (Wildman–Crippen LogP) is 2.17. The summed E-state index contributed by atoms with van der Waals surface area (Å²) in [5.74, 6) is 1.37. The molecule has 0 radical (unpaired) electrons. The Morgan fingerprint density at radius 1 is 1.15 bits per heavy atom. The van der Waals surface area contributed by atoms with E-state index in [2.05, 4.69) is 28.6 Å². The van der Waals surface area contributed by atoms with Gasteiger partial charge in [0, 0.05) is 31.0 Å². The zero-order valence-electron chi connectivity index (χ0n) is 15.6. The number of benzene rings is 1. The van der Waals surface area contributed by atoms with Crippen LogP contribution in [-0.2, 0) is 37.1 Å². The van der Waals surface area contributed by atoms with E-state index >= 15 is 0 Å². The first-order chi connectivity index (χ1) is 13.2. The lowest BCUT2D eigenvalue weighted by atomic mass is 10.1. The third kappa shape index (κ3) is 4.29. The largest absolute Gasteiger partial charge is 0.355 e. The first kappa shape index (κ1) is 18.3. The fourth-order valence-corrected chi connectivity index (χ4v) is 4.68. The predicted molar refractivity (Wildman–Crippen MR) is 106 cm³/mol. The number of hydrogen-bond acceptors (Lipinski definition) is 4. The van der Waals surface area contributed by atoms with Gasteiger partial charge in [0.05, 0.1) is 5.75 Å². The Balaban J connectivity index is 1.19. The fourth-order valence-electron chi connectivity index (χ4n) is 3.89. The number of carbonyl (C=O) groups is 1. The van der Waals surface area contributed by atoms with E-state index in [9.17, 15) is 9.59 Å². The molecule has 1 amide bonds. The van der Waals surface area contributed by atoms with Crippen LogP contribution < -0.4 is 11.0 Å². The van der Waals surface area contributed by atoms with Crippen molar-refractivity contribution in [2.75, 3.05) is 12.3 Å². The van der Waals surface area contributed by atoms with Gasteiger partial charge in [-0.25, -0.2) is 9.48 Å². The van der Waals surface area contributed by atoms with Crippen molar-refractivity contribution in [2.24, 2.45) is 0 Å². The maximum absolute atomic E-state index is 12.3. The van der Waals surface area contributed by atoms with Crippen molar-refractivity contribution in [1.29, 1.82) is 0 Å². The van der Waals surface area contributed by atoms with E-state index in [0.717, 1.165) is 38.1 Å². The number of carbonyl (C=O) groups excluding carboxylic acids is 1. The molecule has 0 fully saturated rings. The van der Waals surface area contributed by atoms with Crippen LogP contribution >= 0.6 is 11.8 Å². The molecule has 1 aliphatic carbocycles. The van der Waals surface area contributed by atoms with Gasteiger partial charge in [-0.1, -0.05) is 6.07 Å². The molecular formula is C20H26N4O2S. The Morgan fingerprint density at radius 3 is 2.93 bits per heavy atom. The van der Waals surface area contributed by atoms with Gasteiger partial charge in [0.1, 0.15) is 5.82 Å². The van der Waals surface area contributed by atoms with E-state index in [1.54, 1.807) is 21.0 Å². The molecule has 0 bridgehead atoms. The van der Waals surface area contributed by atoms with Crippen molar-refractivity contribution in [3.05, 3.63) is 45.6 Å². The molecule has 1 aromatic carbocycles. The van der Waals surface area contributed by atoms with Gasteiger partial charge in [-0.15, -0.1) is 11.8 Å². The minimum Gasteiger partial charge on any atom is -0.355 e. The Kier molecular flexibility index (Phi) is 5.66. The molecule has 2 aromatic rings. The highest BCUT2D eigenvalue weighted by molar-refractivity contribution is 8.00. The van der Waals surface area contributed by atoms with Crippen LogP contribution in [0.2, 0.25) is 0 Å². The summed E-state index contributed by atoms with van der Waals surface area (Å²) in [5.41, 5.74) is 2.89. The first-order valence-electron chi connectivity index (χ1n) is 9.88. The normalized spacial score (nSPS) is 15.4. The zero-order chi connectivity index (χ0) is 18.6. The van der Waals surface area contributed by atoms with Crippen LogP contribution in [0.25, 0.3) is 0 Å². The van der Waals surface area contributed by atoms with Gasteiger partial charge in [-0.05, 0) is 61.8 Å². The summed E-state index contributed by atoms with van der Waals surface area (Å²) in [4.78, 5) is 25.5. The Hall–Kier alpha value is -2.02. The van der Waals surface area contributed by atoms with Crippen molar-refractivity contribution in [1.82, 2.24) is 19.7 Å². The molecule has 1 N–H and O–H groups in total. The van der Waals surface area contributed by atoms with Crippen LogP contribution in [-0.4, -0.2) is 32.6 Å². The molecule has 0 saturated heterocycles. The monoisotopic (exact) mass is 386 g/mol. The van der Waals surface area contributed by atoms with E-state index in [1.165, 1.54) is 28.9 Å². The summed E-state index contributed by atoms with van der Waals surface area (Å²) < 4.78 is 3.33. The highest BCUT2D eigenvalue weighted by Gasteiger charge is 2.16. The van der Waals surface area contributed by atoms with Crippen LogP contribution in [0.3, 0.4) is 0 Å². The number of amides is 1. The number of aryl methyl sites for hydroxylation is 4. The van der Waals surface area contributed by atoms with Gasteiger partial charge in [0.25, 0.3) is 0 Å². The number of nitrogens with zero attached hydrogens (tertiary/aromatic N) is 3. The average Bonchev–Trinajstić information content (AvgIpc) is 3.28. The molecule has 2 aliphatic rings. The number of aromatic nitrogens is 3. The molecule has 4 rings (SSSR count). The Morgan fingerprint density at radius 2 is 2.04 bits per heavy atom. The molecule has 6 nitrogen and oxygen atoms in total. The number of nitrogens with one attached hydrogen (secondary N) is 1. The molecule has 2 heterocycles. The zero-order valence-corrected chi connectivity index (χ0v) is 16.4. The van der Waals surface area contributed by atoms with Crippen LogP contribution in [0.15, 0.2) is 27.9 Å². The van der Waals surface area contributed by atoms with E-state index in [0.29, 0.717) is 25.3 Å². The maximum atomic E-state index is 12.3. The maximum Gasteiger partial charge on any atom is 0.345 e. The average molecular weight is 387 g/mol. The highest BCUT2D eigenvalue weighted by Crippen LogP contribution is 2.27. The lowest BCUT2D eigenvalue weighted by molar-refractivity contribution is -0.118. The van der Waals surface area contributed by atoms with Crippen LogP contribution in [0, 0.1) is 0 Å². The number of hydrogen-bond donors (Lipinski definition) is 1. The lowest BCUT2D eigenvalue weighted by Crippen LogP contribution is -2.30. The van der Waals surface area contributed by atoms with Gasteiger partial charge in [-0.3, -0.25) is 9.36 Å². The third-order valence-electron chi connectivity index (χ3n) is 5.34. The van der Waals surface area contributed by atoms with Gasteiger partial charge in [-0.2, -0.15) is 5.10 Å². The van der Waals surface area contributed by atoms with Gasteiger partial charge >= 0.3 is 5.69 Å². The molecule has 27 heavy (non-hydrogen) atoms. The van der Waals surface area contributed by atoms with E-state index in [4.69, 9.17) is 0 Å². The van der Waals surface area contributed by atoms with E-state index < -0.39 is 0 Å². The summed E-state index contributed by atoms with van der Waals surface area (Å²) in [6, 6.07) is 6.55. The summed E-state index contributed by atoms with van der Waals surface area (Å²) in [7, 11) is 0. The smallest absolute Gasteiger partial charge is 0.345 e. The molecule has 144 valence electrons. The molecule has 0 spiro atoms. The van der Waals surface area contributed by atoms with Crippen molar-refractivity contribution >= 4 is 17.7 Å². The van der Waals surface area contributed by atoms with Crippen LogP contribution in [0.4, 0.5) is 0 Å². The highest BCUT2D eigenvalue weighted by atomic mass is 32.2. The van der Waals surface area contributed by atoms with Crippen molar-refractivity contribution in [2.45, 2.75) is 62.9 Å². The topological polar surface area (TPSA) is 68.9 Å². The van der Waals surface area contributed by atoms with E-state index in [1.807, 2.05) is 0 Å². The van der Waals surface area contributed by atoms with Crippen LogP contribution in [0.5, 0.6) is 0 Å². The molecule has 1 aromatic heterocycles. The number of thioether (sulfide) groups is 1. The molecule has 1 aliphatic heterocycles. The van der Waals surface area contributed by atoms with Gasteiger partial charge < -0.3 is 5.32 Å². The van der Waals surface area contributed by atoms with Crippen molar-refractivity contribution in [3.8, 4) is 0 Å². The van der Waals surface area contributed by atoms with E-state index in [-0.39, 0.29) is 11.6 Å². The quantitative estimate of drug-likeness (QED) is 0.585. The van der Waals surface area contributed by atoms with Gasteiger partial charge in [0.15, 0.2) is 0 Å². The second-order valence-electron chi connectivity index (χ2n) is 7.31. The number of fused-ring (bicyclic) bond motifs is 2. The Labute approximate surface area is 163 Å². The Bertz CT molecular complexity index is 887. The standard InChI is InChI=1S/C20H26N4O2S/c25-19(14-27-17-9-8-15-5-3-6-16(15)13-17)21-10-4-12-24-20(26)23-11-2-1-7-18(23)22-24/h8-9,13H,1-7,10-12,14H2,(H,21,25). The van der Waals surface area contributed by atoms with Crippen molar-refractivity contribution < 1.29 is 4.79 Å². The number of rotatable bonds is 7. The molecule has 0 saturated carbocycles. The summed E-state index contributed by atoms with van der Waals surface area (Å²) >= 11 is 1.59. The second kappa shape index (κ2) is 8.33. The molecule has 0 unspecified atom stereocenters. The van der Waals surface area contributed by atoms with Crippen molar-refractivity contribution in [3.63, 3.8) is 0 Å². The molecular weight excluding hydrogens is 360 g/mol. The fraction of sp³-hybridized carbons (Fsp3) is 0.550. The SMILES string of the molecule is O=C(CSc1ccc2c(c1)CCC2)NCCCn1nc2n(c1=O)CCCC2. The summed E-state index contributed by atoms with van der Waals surface area (Å²) in [5, 5.41) is 7.37. The lowest BCUT2D eigenvalue weighted by Gasteiger charge is -2.09. The van der Waals surface area contributed by atoms with Gasteiger partial charge in [0.2, 0.25) is 5.91 Å². The third-order valence-corrected chi connectivity index (χ3v) is 6.33. The summed E-state index contributed by atoms with van der Waals surface area (Å²) in [6.07, 6.45) is 7.35.